The van der Waals surface area contributed by atoms with Crippen LogP contribution in [0.4, 0.5) is 10.6 Å². The minimum atomic E-state index is -0.224. The van der Waals surface area contributed by atoms with Gasteiger partial charge in [0.25, 0.3) is 0 Å². The molecule has 2 atom stereocenters. The van der Waals surface area contributed by atoms with Crippen LogP contribution in [0.2, 0.25) is 0 Å². The first-order chi connectivity index (χ1) is 11.2. The lowest BCUT2D eigenvalue weighted by Crippen LogP contribution is -2.32. The second-order valence-electron chi connectivity index (χ2n) is 5.73. The molecule has 8 heteroatoms. The van der Waals surface area contributed by atoms with Crippen molar-refractivity contribution in [2.75, 3.05) is 25.1 Å². The molecule has 0 aliphatic carbocycles. The lowest BCUT2D eigenvalue weighted by Gasteiger charge is -2.14. The van der Waals surface area contributed by atoms with E-state index in [4.69, 9.17) is 4.74 Å². The molecule has 124 valence electrons. The summed E-state index contributed by atoms with van der Waals surface area (Å²) in [7, 11) is 0. The Labute approximate surface area is 139 Å². The average Bonchev–Trinajstić information content (AvgIpc) is 3.28. The van der Waals surface area contributed by atoms with Gasteiger partial charge in [0.1, 0.15) is 5.82 Å². The van der Waals surface area contributed by atoms with Gasteiger partial charge in [-0.2, -0.15) is 5.10 Å². The predicted octanol–water partition coefficient (Wildman–Crippen LogP) is 2.30. The van der Waals surface area contributed by atoms with Gasteiger partial charge in [-0.25, -0.2) is 14.5 Å². The van der Waals surface area contributed by atoms with Crippen LogP contribution >= 0.6 is 11.3 Å². The molecule has 2 amide bonds. The molecule has 1 aliphatic heterocycles. The maximum atomic E-state index is 12.1. The smallest absolute Gasteiger partial charge is 0.320 e. The number of nitrogens with one attached hydrogen (secondary N) is 2. The van der Waals surface area contributed by atoms with Crippen LogP contribution in [0.5, 0.6) is 0 Å². The van der Waals surface area contributed by atoms with Crippen LogP contribution in [-0.2, 0) is 11.3 Å². The molecule has 3 heterocycles. The minimum absolute atomic E-state index is 0.196. The molecule has 0 bridgehead atoms. The molecular formula is C15H21N5O2S. The van der Waals surface area contributed by atoms with Gasteiger partial charge in [0.15, 0.2) is 0 Å². The largest absolute Gasteiger partial charge is 0.381 e. The number of ether oxygens (including phenoxy) is 1. The van der Waals surface area contributed by atoms with Crippen LogP contribution in [0.1, 0.15) is 24.3 Å². The Kier molecular flexibility index (Phi) is 5.24. The van der Waals surface area contributed by atoms with Crippen LogP contribution < -0.4 is 10.6 Å². The second kappa shape index (κ2) is 7.56. The number of anilines is 1. The van der Waals surface area contributed by atoms with Crippen LogP contribution in [0.3, 0.4) is 0 Å². The van der Waals surface area contributed by atoms with E-state index in [0.29, 0.717) is 18.3 Å². The SMILES string of the molecule is C[C@H](CNC(=O)Nc1ccnn1C[C@@H]1CCOC1)c1nccs1. The molecule has 2 aromatic rings. The molecule has 7 nitrogen and oxygen atoms in total. The number of hydrogen-bond acceptors (Lipinski definition) is 5. The van der Waals surface area contributed by atoms with E-state index in [1.165, 1.54) is 0 Å². The van der Waals surface area contributed by atoms with E-state index in [1.807, 2.05) is 17.0 Å². The fraction of sp³-hybridized carbons (Fsp3) is 0.533. The standard InChI is InChI=1S/C15H21N5O2S/c1-11(14-16-5-7-23-14)8-17-15(21)19-13-2-4-18-20(13)9-12-3-6-22-10-12/h2,4-5,7,11-12H,3,6,8-10H2,1H3,(H2,17,19,21)/t11-,12+/m1/s1. The quantitative estimate of drug-likeness (QED) is 0.849. The van der Waals surface area contributed by atoms with Gasteiger partial charge >= 0.3 is 6.03 Å². The Morgan fingerprint density at radius 1 is 1.57 bits per heavy atom. The molecule has 1 aliphatic rings. The number of hydrogen-bond donors (Lipinski definition) is 2. The molecule has 1 saturated heterocycles. The summed E-state index contributed by atoms with van der Waals surface area (Å²) < 4.78 is 7.20. The molecule has 3 rings (SSSR count). The first-order valence-electron chi connectivity index (χ1n) is 7.76. The summed E-state index contributed by atoms with van der Waals surface area (Å²) in [6.07, 6.45) is 4.52. The fourth-order valence-corrected chi connectivity index (χ4v) is 3.23. The van der Waals surface area contributed by atoms with Gasteiger partial charge < -0.3 is 10.1 Å². The summed E-state index contributed by atoms with van der Waals surface area (Å²) in [5.41, 5.74) is 0. The van der Waals surface area contributed by atoms with Crippen molar-refractivity contribution in [2.45, 2.75) is 25.8 Å². The number of nitrogens with zero attached hydrogens (tertiary/aromatic N) is 3. The highest BCUT2D eigenvalue weighted by molar-refractivity contribution is 7.09. The van der Waals surface area contributed by atoms with E-state index in [9.17, 15) is 4.79 Å². The topological polar surface area (TPSA) is 81.1 Å². The molecule has 0 saturated carbocycles. The summed E-state index contributed by atoms with van der Waals surface area (Å²) in [4.78, 5) is 16.3. The molecule has 0 spiro atoms. The molecule has 23 heavy (non-hydrogen) atoms. The molecule has 0 unspecified atom stereocenters. The molecule has 0 radical (unpaired) electrons. The van der Waals surface area contributed by atoms with E-state index in [1.54, 1.807) is 29.8 Å². The first-order valence-corrected chi connectivity index (χ1v) is 8.64. The van der Waals surface area contributed by atoms with Crippen molar-refractivity contribution in [3.63, 3.8) is 0 Å². The van der Waals surface area contributed by atoms with Gasteiger partial charge in [-0.1, -0.05) is 6.92 Å². The first kappa shape index (κ1) is 15.9. The van der Waals surface area contributed by atoms with Gasteiger partial charge in [0.2, 0.25) is 0 Å². The highest BCUT2D eigenvalue weighted by Gasteiger charge is 2.18. The highest BCUT2D eigenvalue weighted by atomic mass is 32.1. The lowest BCUT2D eigenvalue weighted by atomic mass is 10.1. The van der Waals surface area contributed by atoms with Crippen molar-refractivity contribution in [1.82, 2.24) is 20.1 Å². The predicted molar refractivity (Wildman–Crippen MR) is 88.7 cm³/mol. The van der Waals surface area contributed by atoms with E-state index >= 15 is 0 Å². The number of aromatic nitrogens is 3. The molecule has 0 aromatic carbocycles. The van der Waals surface area contributed by atoms with Crippen molar-refractivity contribution < 1.29 is 9.53 Å². The third-order valence-electron chi connectivity index (χ3n) is 3.86. The number of amides is 2. The van der Waals surface area contributed by atoms with Crippen LogP contribution in [0, 0.1) is 5.92 Å². The average molecular weight is 335 g/mol. The molecular weight excluding hydrogens is 314 g/mol. The zero-order chi connectivity index (χ0) is 16.1. The summed E-state index contributed by atoms with van der Waals surface area (Å²) in [5, 5.41) is 13.0. The molecule has 2 aromatic heterocycles. The molecule has 2 N–H and O–H groups in total. The number of urea groups is 1. The van der Waals surface area contributed by atoms with Gasteiger partial charge in [0, 0.05) is 49.2 Å². The van der Waals surface area contributed by atoms with Crippen LogP contribution in [0.25, 0.3) is 0 Å². The Morgan fingerprint density at radius 2 is 2.48 bits per heavy atom. The van der Waals surface area contributed by atoms with E-state index in [-0.39, 0.29) is 11.9 Å². The summed E-state index contributed by atoms with van der Waals surface area (Å²) in [6.45, 7) is 4.92. The number of thiazole rings is 1. The summed E-state index contributed by atoms with van der Waals surface area (Å²) >= 11 is 1.60. The van der Waals surface area contributed by atoms with Crippen molar-refractivity contribution in [2.24, 2.45) is 5.92 Å². The maximum absolute atomic E-state index is 12.1. The van der Waals surface area contributed by atoms with Crippen molar-refractivity contribution in [1.29, 1.82) is 0 Å². The zero-order valence-corrected chi connectivity index (χ0v) is 13.9. The lowest BCUT2D eigenvalue weighted by molar-refractivity contribution is 0.181. The van der Waals surface area contributed by atoms with Gasteiger partial charge in [-0.15, -0.1) is 11.3 Å². The Morgan fingerprint density at radius 3 is 3.22 bits per heavy atom. The number of rotatable bonds is 6. The van der Waals surface area contributed by atoms with E-state index < -0.39 is 0 Å². The highest BCUT2D eigenvalue weighted by Crippen LogP contribution is 2.18. The minimum Gasteiger partial charge on any atom is -0.381 e. The number of carbonyl (C=O) groups is 1. The molecule has 1 fully saturated rings. The maximum Gasteiger partial charge on any atom is 0.320 e. The van der Waals surface area contributed by atoms with Crippen molar-refractivity contribution in [3.8, 4) is 0 Å². The Balaban J connectivity index is 1.49. The summed E-state index contributed by atoms with van der Waals surface area (Å²) in [6, 6.07) is 1.58. The Hall–Kier alpha value is -1.93. The Bertz CT molecular complexity index is 622. The zero-order valence-electron chi connectivity index (χ0n) is 13.1. The third-order valence-corrected chi connectivity index (χ3v) is 4.86. The van der Waals surface area contributed by atoms with Crippen LogP contribution in [0.15, 0.2) is 23.8 Å². The second-order valence-corrected chi connectivity index (χ2v) is 6.66. The monoisotopic (exact) mass is 335 g/mol. The summed E-state index contributed by atoms with van der Waals surface area (Å²) in [5.74, 6) is 1.36. The number of carbonyl (C=O) groups excluding carboxylic acids is 1. The van der Waals surface area contributed by atoms with Gasteiger partial charge in [-0.05, 0) is 6.42 Å². The van der Waals surface area contributed by atoms with Gasteiger partial charge in [0.05, 0.1) is 17.8 Å². The van der Waals surface area contributed by atoms with Crippen molar-refractivity contribution in [3.05, 3.63) is 28.8 Å². The normalized spacial score (nSPS) is 18.7. The van der Waals surface area contributed by atoms with Gasteiger partial charge in [-0.3, -0.25) is 5.32 Å². The van der Waals surface area contributed by atoms with Crippen molar-refractivity contribution >= 4 is 23.2 Å². The van der Waals surface area contributed by atoms with E-state index in [2.05, 4.69) is 20.7 Å². The fourth-order valence-electron chi connectivity index (χ4n) is 2.53. The third kappa shape index (κ3) is 4.29. The van der Waals surface area contributed by atoms with Crippen LogP contribution in [-0.4, -0.2) is 40.6 Å². The van der Waals surface area contributed by atoms with E-state index in [0.717, 1.165) is 31.2 Å².